The van der Waals surface area contributed by atoms with Crippen LogP contribution in [0.3, 0.4) is 0 Å². The summed E-state index contributed by atoms with van der Waals surface area (Å²) in [6, 6.07) is 18.1. The standard InChI is InChI=1S/C26H23ClFNO5/c27-22-8-4-2-6-18(22)12-14-33-26(32)29-13-11-17-5-1-3-7-20(17)25(29)21-15-19(28)9-10-23(21)34-16-24(30)31/h1-10,15,25H,11-14,16H2,(H,30,31). The monoisotopic (exact) mass is 483 g/mol. The quantitative estimate of drug-likeness (QED) is 0.495. The van der Waals surface area contributed by atoms with Crippen LogP contribution in [0.5, 0.6) is 5.75 Å². The Hall–Kier alpha value is -3.58. The molecule has 3 aromatic carbocycles. The van der Waals surface area contributed by atoms with Crippen molar-refractivity contribution in [2.45, 2.75) is 18.9 Å². The molecule has 1 heterocycles. The van der Waals surface area contributed by atoms with Gasteiger partial charge in [-0.2, -0.15) is 0 Å². The molecule has 0 radical (unpaired) electrons. The van der Waals surface area contributed by atoms with E-state index in [9.17, 15) is 14.0 Å². The van der Waals surface area contributed by atoms with Gasteiger partial charge in [0.05, 0.1) is 12.6 Å². The lowest BCUT2D eigenvalue weighted by Crippen LogP contribution is -2.41. The smallest absolute Gasteiger partial charge is 0.410 e. The molecular weight excluding hydrogens is 461 g/mol. The van der Waals surface area contributed by atoms with Crippen LogP contribution in [0, 0.1) is 5.82 Å². The van der Waals surface area contributed by atoms with Gasteiger partial charge in [0.2, 0.25) is 0 Å². The molecule has 1 amide bonds. The van der Waals surface area contributed by atoms with Gasteiger partial charge in [-0.05, 0) is 47.4 Å². The van der Waals surface area contributed by atoms with E-state index < -0.39 is 30.5 Å². The Morgan fingerprint density at radius 1 is 1.06 bits per heavy atom. The largest absolute Gasteiger partial charge is 0.482 e. The predicted octanol–water partition coefficient (Wildman–Crippen LogP) is 5.27. The summed E-state index contributed by atoms with van der Waals surface area (Å²) in [6.07, 6.45) is 0.500. The lowest BCUT2D eigenvalue weighted by Gasteiger charge is -2.37. The van der Waals surface area contributed by atoms with Crippen molar-refractivity contribution in [1.29, 1.82) is 0 Å². The Morgan fingerprint density at radius 3 is 2.62 bits per heavy atom. The fourth-order valence-electron chi connectivity index (χ4n) is 4.13. The SMILES string of the molecule is O=C(O)COc1ccc(F)cc1C1c2ccccc2CCN1C(=O)OCCc1ccccc1Cl. The molecule has 3 aromatic rings. The lowest BCUT2D eigenvalue weighted by molar-refractivity contribution is -0.139. The molecule has 1 N–H and O–H groups in total. The molecule has 6 nitrogen and oxygen atoms in total. The van der Waals surface area contributed by atoms with E-state index >= 15 is 0 Å². The summed E-state index contributed by atoms with van der Waals surface area (Å²) < 4.78 is 25.3. The first-order chi connectivity index (χ1) is 16.4. The first-order valence-electron chi connectivity index (χ1n) is 10.8. The summed E-state index contributed by atoms with van der Waals surface area (Å²) in [4.78, 5) is 25.8. The molecule has 4 rings (SSSR count). The minimum atomic E-state index is -1.16. The van der Waals surface area contributed by atoms with Gasteiger partial charge in [-0.15, -0.1) is 0 Å². The number of nitrogens with zero attached hydrogens (tertiary/aromatic N) is 1. The van der Waals surface area contributed by atoms with Gasteiger partial charge in [-0.3, -0.25) is 4.90 Å². The Kier molecular flexibility index (Phi) is 7.33. The Morgan fingerprint density at radius 2 is 1.82 bits per heavy atom. The number of hydrogen-bond acceptors (Lipinski definition) is 4. The van der Waals surface area contributed by atoms with Gasteiger partial charge in [0.25, 0.3) is 0 Å². The number of aliphatic carboxylic acids is 1. The molecule has 176 valence electrons. The highest BCUT2D eigenvalue weighted by Gasteiger charge is 2.35. The molecule has 1 aliphatic rings. The van der Waals surface area contributed by atoms with Crippen LogP contribution in [0.15, 0.2) is 66.7 Å². The van der Waals surface area contributed by atoms with Crippen LogP contribution in [-0.4, -0.2) is 41.8 Å². The lowest BCUT2D eigenvalue weighted by atomic mass is 9.88. The van der Waals surface area contributed by atoms with Crippen LogP contribution >= 0.6 is 11.6 Å². The minimum absolute atomic E-state index is 0.124. The number of halogens is 2. The number of benzene rings is 3. The zero-order chi connectivity index (χ0) is 24.1. The third-order valence-electron chi connectivity index (χ3n) is 5.69. The van der Waals surface area contributed by atoms with Crippen LogP contribution in [0.1, 0.15) is 28.3 Å². The van der Waals surface area contributed by atoms with Crippen LogP contribution in [0.2, 0.25) is 5.02 Å². The average molecular weight is 484 g/mol. The van der Waals surface area contributed by atoms with Gasteiger partial charge in [0.1, 0.15) is 11.6 Å². The normalized spacial score (nSPS) is 14.9. The molecule has 1 aliphatic heterocycles. The third-order valence-corrected chi connectivity index (χ3v) is 6.06. The number of carbonyl (C=O) groups is 2. The molecule has 0 bridgehead atoms. The number of ether oxygens (including phenoxy) is 2. The predicted molar refractivity (Wildman–Crippen MR) is 125 cm³/mol. The van der Waals surface area contributed by atoms with E-state index in [-0.39, 0.29) is 12.4 Å². The number of carboxylic acid groups (broad SMARTS) is 1. The van der Waals surface area contributed by atoms with Crippen molar-refractivity contribution in [1.82, 2.24) is 4.90 Å². The zero-order valence-corrected chi connectivity index (χ0v) is 19.0. The molecule has 0 saturated carbocycles. The van der Waals surface area contributed by atoms with Gasteiger partial charge >= 0.3 is 12.1 Å². The topological polar surface area (TPSA) is 76.1 Å². The van der Waals surface area contributed by atoms with Gasteiger partial charge in [-0.25, -0.2) is 14.0 Å². The van der Waals surface area contributed by atoms with Crippen molar-refractivity contribution in [3.63, 3.8) is 0 Å². The Balaban J connectivity index is 1.62. The number of hydrogen-bond donors (Lipinski definition) is 1. The van der Waals surface area contributed by atoms with Crippen molar-refractivity contribution in [3.8, 4) is 5.75 Å². The van der Waals surface area contributed by atoms with Crippen LogP contribution in [0.25, 0.3) is 0 Å². The summed E-state index contributed by atoms with van der Waals surface area (Å²) in [5, 5.41) is 9.65. The molecule has 0 aliphatic carbocycles. The maximum absolute atomic E-state index is 14.3. The van der Waals surface area contributed by atoms with Crippen LogP contribution in [-0.2, 0) is 22.4 Å². The summed E-state index contributed by atoms with van der Waals surface area (Å²) in [6.45, 7) is -0.115. The van der Waals surface area contributed by atoms with Crippen molar-refractivity contribution < 1.29 is 28.6 Å². The van der Waals surface area contributed by atoms with E-state index in [0.29, 0.717) is 30.0 Å². The molecule has 8 heteroatoms. The number of carbonyl (C=O) groups excluding carboxylic acids is 1. The van der Waals surface area contributed by atoms with Gasteiger partial charge in [-0.1, -0.05) is 54.1 Å². The fourth-order valence-corrected chi connectivity index (χ4v) is 4.37. The molecule has 1 unspecified atom stereocenters. The zero-order valence-electron chi connectivity index (χ0n) is 18.2. The van der Waals surface area contributed by atoms with E-state index in [0.717, 1.165) is 16.7 Å². The highest BCUT2D eigenvalue weighted by molar-refractivity contribution is 6.31. The van der Waals surface area contributed by atoms with Crippen molar-refractivity contribution in [2.75, 3.05) is 19.8 Å². The maximum Gasteiger partial charge on any atom is 0.410 e. The molecule has 34 heavy (non-hydrogen) atoms. The van der Waals surface area contributed by atoms with Gasteiger partial charge in [0, 0.05) is 23.6 Å². The van der Waals surface area contributed by atoms with Gasteiger partial charge in [0.15, 0.2) is 6.61 Å². The highest BCUT2D eigenvalue weighted by Crippen LogP contribution is 2.40. The Bertz CT molecular complexity index is 1200. The second kappa shape index (κ2) is 10.6. The minimum Gasteiger partial charge on any atom is -0.482 e. The van der Waals surface area contributed by atoms with E-state index in [4.69, 9.17) is 26.2 Å². The van der Waals surface area contributed by atoms with Crippen molar-refractivity contribution in [3.05, 3.63) is 99.8 Å². The summed E-state index contributed by atoms with van der Waals surface area (Å²) in [5.41, 5.74) is 3.05. The second-order valence-corrected chi connectivity index (χ2v) is 8.27. The summed E-state index contributed by atoms with van der Waals surface area (Å²) >= 11 is 6.19. The van der Waals surface area contributed by atoms with Crippen molar-refractivity contribution >= 4 is 23.7 Å². The molecule has 0 saturated heterocycles. The molecule has 0 fully saturated rings. The van der Waals surface area contributed by atoms with Gasteiger partial charge < -0.3 is 14.6 Å². The average Bonchev–Trinajstić information content (AvgIpc) is 2.83. The first kappa shape index (κ1) is 23.6. The highest BCUT2D eigenvalue weighted by atomic mass is 35.5. The molecule has 0 aromatic heterocycles. The van der Waals surface area contributed by atoms with E-state index in [1.165, 1.54) is 23.1 Å². The molecule has 1 atom stereocenters. The van der Waals surface area contributed by atoms with Crippen molar-refractivity contribution in [2.24, 2.45) is 0 Å². The number of amides is 1. The van der Waals surface area contributed by atoms with E-state index in [1.807, 2.05) is 42.5 Å². The maximum atomic E-state index is 14.3. The van der Waals surface area contributed by atoms with E-state index in [1.54, 1.807) is 6.07 Å². The third kappa shape index (κ3) is 5.31. The molecule has 0 spiro atoms. The number of fused-ring (bicyclic) bond motifs is 1. The molecular formula is C26H23ClFNO5. The fraction of sp³-hybridized carbons (Fsp3) is 0.231. The van der Waals surface area contributed by atoms with Crippen LogP contribution in [0.4, 0.5) is 9.18 Å². The van der Waals surface area contributed by atoms with E-state index in [2.05, 4.69) is 0 Å². The number of rotatable bonds is 7. The van der Waals surface area contributed by atoms with Crippen LogP contribution < -0.4 is 4.74 Å². The second-order valence-electron chi connectivity index (χ2n) is 7.87. The first-order valence-corrected chi connectivity index (χ1v) is 11.2. The summed E-state index contributed by atoms with van der Waals surface area (Å²) in [5.74, 6) is -1.48. The Labute approximate surface area is 201 Å². The summed E-state index contributed by atoms with van der Waals surface area (Å²) in [7, 11) is 0. The number of carboxylic acids is 1.